The first-order valence-corrected chi connectivity index (χ1v) is 4.92. The fourth-order valence-electron chi connectivity index (χ4n) is 0.522. The molecular formula is C7H18N2OS. The average Bonchev–Trinajstić information content (AvgIpc) is 1.53. The Bertz CT molecular complexity index is 111. The molecule has 2 N–H and O–H groups in total. The lowest BCUT2D eigenvalue weighted by Gasteiger charge is -2.22. The zero-order valence-corrected chi connectivity index (χ0v) is 8.71. The molecule has 0 aromatic carbocycles. The highest BCUT2D eigenvalue weighted by Crippen LogP contribution is 2.00. The Balaban J connectivity index is 3.61. The van der Waals surface area contributed by atoms with E-state index in [1.165, 1.54) is 0 Å². The van der Waals surface area contributed by atoms with Gasteiger partial charge in [0, 0.05) is 6.04 Å². The van der Waals surface area contributed by atoms with Crippen molar-refractivity contribution in [3.8, 4) is 0 Å². The van der Waals surface area contributed by atoms with Gasteiger partial charge in [-0.1, -0.05) is 0 Å². The molecule has 0 aromatic rings. The molecular weight excluding hydrogens is 160 g/mol. The summed E-state index contributed by atoms with van der Waals surface area (Å²) in [6.07, 6.45) is 0. The van der Waals surface area contributed by atoms with E-state index in [4.69, 9.17) is 0 Å². The van der Waals surface area contributed by atoms with Gasteiger partial charge in [-0.05, 0) is 34.6 Å². The van der Waals surface area contributed by atoms with Crippen LogP contribution in [-0.2, 0) is 11.5 Å². The van der Waals surface area contributed by atoms with Gasteiger partial charge in [0.15, 0.2) is 0 Å². The van der Waals surface area contributed by atoms with Crippen molar-refractivity contribution in [1.29, 1.82) is 0 Å². The zero-order chi connectivity index (χ0) is 9.07. The Morgan fingerprint density at radius 2 is 1.73 bits per heavy atom. The highest BCUT2D eigenvalue weighted by molar-refractivity contribution is 7.87. The SMILES string of the molecule is CC(C)N[S+]([O-])NC(C)(C)C. The van der Waals surface area contributed by atoms with Crippen LogP contribution >= 0.6 is 0 Å². The molecule has 11 heavy (non-hydrogen) atoms. The lowest BCUT2D eigenvalue weighted by Crippen LogP contribution is -2.48. The number of nitrogens with one attached hydrogen (secondary N) is 2. The highest BCUT2D eigenvalue weighted by atomic mass is 32.2. The standard InChI is InChI=1S/C7H18N2OS/c1-6(2)8-11(10)9-7(3,4)5/h6,8-9H,1-5H3. The molecule has 0 saturated heterocycles. The third kappa shape index (κ3) is 8.13. The minimum absolute atomic E-state index is 0.104. The van der Waals surface area contributed by atoms with Crippen LogP contribution in [0.1, 0.15) is 34.6 Å². The summed E-state index contributed by atoms with van der Waals surface area (Å²) in [4.78, 5) is 0. The Hall–Kier alpha value is 0.230. The van der Waals surface area contributed by atoms with Crippen molar-refractivity contribution in [3.05, 3.63) is 0 Å². The van der Waals surface area contributed by atoms with E-state index >= 15 is 0 Å². The Kier molecular flexibility index (Phi) is 4.39. The van der Waals surface area contributed by atoms with Crippen molar-refractivity contribution in [3.63, 3.8) is 0 Å². The quantitative estimate of drug-likeness (QED) is 0.633. The molecule has 0 amide bonds. The average molecular weight is 178 g/mol. The largest absolute Gasteiger partial charge is 0.579 e. The predicted molar refractivity (Wildman–Crippen MR) is 49.3 cm³/mol. The van der Waals surface area contributed by atoms with Gasteiger partial charge in [0.05, 0.1) is 5.54 Å². The molecule has 0 fully saturated rings. The van der Waals surface area contributed by atoms with Crippen molar-refractivity contribution in [1.82, 2.24) is 9.44 Å². The summed E-state index contributed by atoms with van der Waals surface area (Å²) in [5, 5.41) is 0. The van der Waals surface area contributed by atoms with Crippen LogP contribution in [-0.4, -0.2) is 16.1 Å². The number of hydrogen-bond acceptors (Lipinski definition) is 3. The molecule has 0 bridgehead atoms. The topological polar surface area (TPSA) is 47.1 Å². The smallest absolute Gasteiger partial charge is 0.135 e. The molecule has 68 valence electrons. The van der Waals surface area contributed by atoms with E-state index in [1.807, 2.05) is 34.6 Å². The first-order valence-electron chi connectivity index (χ1n) is 3.77. The lowest BCUT2D eigenvalue weighted by molar-refractivity contribution is 0.478. The van der Waals surface area contributed by atoms with Gasteiger partial charge in [-0.25, -0.2) is 0 Å². The molecule has 0 heterocycles. The van der Waals surface area contributed by atoms with E-state index in [2.05, 4.69) is 9.44 Å². The fourth-order valence-corrected chi connectivity index (χ4v) is 1.56. The maximum Gasteiger partial charge on any atom is 0.135 e. The van der Waals surface area contributed by atoms with E-state index in [0.29, 0.717) is 0 Å². The van der Waals surface area contributed by atoms with Gasteiger partial charge >= 0.3 is 0 Å². The third-order valence-corrected chi connectivity index (χ3v) is 2.22. The van der Waals surface area contributed by atoms with Crippen molar-refractivity contribution < 1.29 is 4.55 Å². The van der Waals surface area contributed by atoms with E-state index in [1.54, 1.807) is 0 Å². The second-order valence-electron chi connectivity index (χ2n) is 3.89. The fraction of sp³-hybridized carbons (Fsp3) is 1.00. The Morgan fingerprint density at radius 3 is 2.00 bits per heavy atom. The summed E-state index contributed by atoms with van der Waals surface area (Å²) in [6.45, 7) is 9.86. The molecule has 1 atom stereocenters. The van der Waals surface area contributed by atoms with Crippen molar-refractivity contribution in [2.45, 2.75) is 46.2 Å². The highest BCUT2D eigenvalue weighted by Gasteiger charge is 2.18. The van der Waals surface area contributed by atoms with Crippen LogP contribution in [0.4, 0.5) is 0 Å². The van der Waals surface area contributed by atoms with E-state index < -0.39 is 11.5 Å². The molecule has 0 saturated carbocycles. The molecule has 0 radical (unpaired) electrons. The molecule has 0 aliphatic heterocycles. The summed E-state index contributed by atoms with van der Waals surface area (Å²) < 4.78 is 16.9. The summed E-state index contributed by atoms with van der Waals surface area (Å²) in [5.41, 5.74) is -0.104. The first-order chi connectivity index (χ1) is 4.81. The second kappa shape index (κ2) is 4.30. The Labute approximate surface area is 72.4 Å². The molecule has 0 spiro atoms. The van der Waals surface area contributed by atoms with Gasteiger partial charge in [-0.2, -0.15) is 0 Å². The summed E-state index contributed by atoms with van der Waals surface area (Å²) >= 11 is -1.12. The molecule has 0 aromatic heterocycles. The van der Waals surface area contributed by atoms with Gasteiger partial charge in [-0.15, -0.1) is 9.44 Å². The maximum absolute atomic E-state index is 11.2. The summed E-state index contributed by atoms with van der Waals surface area (Å²) in [5.74, 6) is 0. The third-order valence-electron chi connectivity index (χ3n) is 0.742. The normalized spacial score (nSPS) is 15.5. The van der Waals surface area contributed by atoms with Gasteiger partial charge in [-0.3, -0.25) is 0 Å². The molecule has 3 nitrogen and oxygen atoms in total. The molecule has 0 aliphatic rings. The van der Waals surface area contributed by atoms with Gasteiger partial charge < -0.3 is 4.55 Å². The van der Waals surface area contributed by atoms with E-state index in [0.717, 1.165) is 0 Å². The van der Waals surface area contributed by atoms with Crippen LogP contribution in [0.2, 0.25) is 0 Å². The van der Waals surface area contributed by atoms with Gasteiger partial charge in [0.1, 0.15) is 11.5 Å². The number of hydrogen-bond donors (Lipinski definition) is 2. The second-order valence-corrected chi connectivity index (χ2v) is 4.87. The van der Waals surface area contributed by atoms with Crippen LogP contribution in [0.25, 0.3) is 0 Å². The van der Waals surface area contributed by atoms with Crippen LogP contribution in [0.3, 0.4) is 0 Å². The van der Waals surface area contributed by atoms with Crippen LogP contribution in [0, 0.1) is 0 Å². The molecule has 0 rings (SSSR count). The lowest BCUT2D eigenvalue weighted by atomic mass is 10.1. The van der Waals surface area contributed by atoms with Gasteiger partial charge in [0.25, 0.3) is 0 Å². The monoisotopic (exact) mass is 178 g/mol. The summed E-state index contributed by atoms with van der Waals surface area (Å²) in [7, 11) is 0. The predicted octanol–water partition coefficient (Wildman–Crippen LogP) is 0.951. The maximum atomic E-state index is 11.2. The minimum Gasteiger partial charge on any atom is -0.579 e. The van der Waals surface area contributed by atoms with Gasteiger partial charge in [0.2, 0.25) is 0 Å². The van der Waals surface area contributed by atoms with Crippen LogP contribution in [0.15, 0.2) is 0 Å². The number of rotatable bonds is 3. The first kappa shape index (κ1) is 11.2. The van der Waals surface area contributed by atoms with Crippen molar-refractivity contribution in [2.75, 3.05) is 0 Å². The molecule has 1 unspecified atom stereocenters. The van der Waals surface area contributed by atoms with Crippen molar-refractivity contribution in [2.24, 2.45) is 0 Å². The Morgan fingerprint density at radius 1 is 1.27 bits per heavy atom. The zero-order valence-electron chi connectivity index (χ0n) is 7.89. The van der Waals surface area contributed by atoms with Crippen LogP contribution in [0.5, 0.6) is 0 Å². The van der Waals surface area contributed by atoms with Crippen molar-refractivity contribution >= 4 is 11.5 Å². The van der Waals surface area contributed by atoms with Crippen LogP contribution < -0.4 is 9.44 Å². The molecule has 4 heteroatoms. The van der Waals surface area contributed by atoms with E-state index in [9.17, 15) is 4.55 Å². The minimum atomic E-state index is -1.12. The summed E-state index contributed by atoms with van der Waals surface area (Å²) in [6, 6.07) is 0.241. The van der Waals surface area contributed by atoms with E-state index in [-0.39, 0.29) is 11.6 Å². The molecule has 0 aliphatic carbocycles.